The minimum Gasteiger partial charge on any atom is -0.434 e. The number of primary amides is 1. The number of amides is 3. The van der Waals surface area contributed by atoms with E-state index < -0.39 is 35.8 Å². The highest BCUT2D eigenvalue weighted by Crippen LogP contribution is 2.41. The van der Waals surface area contributed by atoms with Gasteiger partial charge in [0.15, 0.2) is 0 Å². The van der Waals surface area contributed by atoms with Crippen LogP contribution >= 0.6 is 0 Å². The summed E-state index contributed by atoms with van der Waals surface area (Å²) in [6, 6.07) is 7.97. The van der Waals surface area contributed by atoms with Gasteiger partial charge in [-0.3, -0.25) is 14.4 Å². The fraction of sp³-hybridized carbons (Fsp3) is 0.455. The molecule has 4 N–H and O–H groups in total. The van der Waals surface area contributed by atoms with Gasteiger partial charge in [0.25, 0.3) is 5.91 Å². The predicted molar refractivity (Wildman–Crippen MR) is 112 cm³/mol. The number of nitrogens with zero attached hydrogens (tertiary/aromatic N) is 2. The van der Waals surface area contributed by atoms with Crippen LogP contribution in [-0.2, 0) is 9.59 Å². The van der Waals surface area contributed by atoms with Crippen LogP contribution in [0, 0.1) is 23.2 Å². The summed E-state index contributed by atoms with van der Waals surface area (Å²) in [7, 11) is 0. The number of fused-ring (bicyclic) bond motifs is 1. The number of benzene rings is 1. The Morgan fingerprint density at radius 1 is 1.39 bits per heavy atom. The molecule has 2 fully saturated rings. The Morgan fingerprint density at radius 2 is 2.18 bits per heavy atom. The zero-order valence-corrected chi connectivity index (χ0v) is 17.6. The topological polar surface area (TPSA) is 141 Å². The van der Waals surface area contributed by atoms with Crippen LogP contribution in [0.15, 0.2) is 24.3 Å². The molecule has 1 aromatic carbocycles. The molecule has 3 amide bonds. The van der Waals surface area contributed by atoms with Crippen LogP contribution in [0.2, 0.25) is 0 Å². The second-order valence-corrected chi connectivity index (χ2v) is 8.32. The maximum absolute atomic E-state index is 13.5. The van der Waals surface area contributed by atoms with Gasteiger partial charge in [0, 0.05) is 29.9 Å². The molecule has 1 aromatic heterocycles. The van der Waals surface area contributed by atoms with Crippen molar-refractivity contribution in [3.63, 3.8) is 0 Å². The average Bonchev–Trinajstić information content (AvgIpc) is 3.50. The third kappa shape index (κ3) is 3.86. The quantitative estimate of drug-likeness (QED) is 0.580. The van der Waals surface area contributed by atoms with Gasteiger partial charge in [-0.05, 0) is 43.9 Å². The maximum Gasteiger partial charge on any atom is 0.387 e. The van der Waals surface area contributed by atoms with Crippen molar-refractivity contribution >= 4 is 28.6 Å². The van der Waals surface area contributed by atoms with E-state index in [0.717, 1.165) is 0 Å². The molecule has 0 spiro atoms. The molecule has 11 heteroatoms. The highest BCUT2D eigenvalue weighted by atomic mass is 19.3. The number of carbonyl (C=O) groups excluding carboxylic acids is 3. The number of halogens is 2. The molecule has 9 nitrogen and oxygen atoms in total. The zero-order chi connectivity index (χ0) is 23.8. The van der Waals surface area contributed by atoms with Crippen molar-refractivity contribution in [1.29, 1.82) is 5.26 Å². The van der Waals surface area contributed by atoms with Gasteiger partial charge in [0.05, 0.1) is 12.0 Å². The van der Waals surface area contributed by atoms with Gasteiger partial charge in [-0.1, -0.05) is 6.07 Å². The lowest BCUT2D eigenvalue weighted by Gasteiger charge is -2.39. The molecular formula is C22H23F2N5O4. The standard InChI is InChI=1S/C22H23F2N5O4/c23-21(24)33-17-4-1-3-15-14(17)10-16(28-15)19(31)29-8-2-6-22(29,20(26)32)13(11-25)9-12-5-7-27-18(12)30/h1,3-4,10,12-13,21,28H,2,5-9H2,(H2,26,32)(H,27,30)/t12-,13-,22?/m1/s1. The number of alkyl halides is 2. The van der Waals surface area contributed by atoms with E-state index in [4.69, 9.17) is 5.73 Å². The second kappa shape index (κ2) is 8.69. The van der Waals surface area contributed by atoms with Crippen LogP contribution in [-0.4, -0.2) is 52.8 Å². The molecule has 4 rings (SSSR count). The number of likely N-dealkylation sites (tertiary alicyclic amines) is 1. The van der Waals surface area contributed by atoms with Crippen molar-refractivity contribution in [2.45, 2.75) is 37.8 Å². The Kier molecular flexibility index (Phi) is 5.93. The van der Waals surface area contributed by atoms with E-state index in [1.165, 1.54) is 23.1 Å². The van der Waals surface area contributed by atoms with E-state index >= 15 is 0 Å². The molecule has 3 atom stereocenters. The molecule has 1 unspecified atom stereocenters. The van der Waals surface area contributed by atoms with E-state index in [1.807, 2.05) is 0 Å². The van der Waals surface area contributed by atoms with E-state index in [1.54, 1.807) is 6.07 Å². The first-order valence-corrected chi connectivity index (χ1v) is 10.6. The van der Waals surface area contributed by atoms with Crippen LogP contribution in [0.5, 0.6) is 5.75 Å². The number of carbonyl (C=O) groups is 3. The van der Waals surface area contributed by atoms with Crippen molar-refractivity contribution in [3.8, 4) is 11.8 Å². The lowest BCUT2D eigenvalue weighted by atomic mass is 9.76. The maximum atomic E-state index is 13.5. The molecule has 2 aliphatic rings. The number of hydrogen-bond acceptors (Lipinski definition) is 5. The van der Waals surface area contributed by atoms with Crippen molar-refractivity contribution < 1.29 is 27.9 Å². The fourth-order valence-corrected chi connectivity index (χ4v) is 5.01. The molecule has 0 saturated carbocycles. The van der Waals surface area contributed by atoms with E-state index in [2.05, 4.69) is 21.1 Å². The van der Waals surface area contributed by atoms with E-state index in [0.29, 0.717) is 24.9 Å². The van der Waals surface area contributed by atoms with Gasteiger partial charge >= 0.3 is 6.61 Å². The Labute approximate surface area is 187 Å². The number of aromatic nitrogens is 1. The van der Waals surface area contributed by atoms with Gasteiger partial charge in [0.1, 0.15) is 17.0 Å². The average molecular weight is 459 g/mol. The molecule has 2 aliphatic heterocycles. The highest BCUT2D eigenvalue weighted by molar-refractivity contribution is 6.02. The molecule has 2 aromatic rings. The third-order valence-electron chi connectivity index (χ3n) is 6.58. The van der Waals surface area contributed by atoms with Crippen LogP contribution in [0.3, 0.4) is 0 Å². The van der Waals surface area contributed by atoms with Gasteiger partial charge in [-0.15, -0.1) is 0 Å². The Morgan fingerprint density at radius 3 is 2.82 bits per heavy atom. The summed E-state index contributed by atoms with van der Waals surface area (Å²) in [6.45, 7) is -2.35. The monoisotopic (exact) mass is 459 g/mol. The lowest BCUT2D eigenvalue weighted by Crippen LogP contribution is -2.60. The van der Waals surface area contributed by atoms with Crippen molar-refractivity contribution in [2.24, 2.45) is 17.6 Å². The third-order valence-corrected chi connectivity index (χ3v) is 6.58. The van der Waals surface area contributed by atoms with Gasteiger partial charge in [-0.2, -0.15) is 14.0 Å². The van der Waals surface area contributed by atoms with Crippen molar-refractivity contribution in [2.75, 3.05) is 13.1 Å². The summed E-state index contributed by atoms with van der Waals surface area (Å²) in [4.78, 5) is 42.5. The number of H-pyrrole nitrogens is 1. The molecule has 2 saturated heterocycles. The molecular weight excluding hydrogens is 436 g/mol. The number of rotatable bonds is 7. The SMILES string of the molecule is N#C[C@@H](C[C@H]1CCNC1=O)C1(C(N)=O)CCCN1C(=O)c1cc2c(OC(F)F)cccc2[nH]1. The Balaban J connectivity index is 1.69. The summed E-state index contributed by atoms with van der Waals surface area (Å²) >= 11 is 0. The largest absolute Gasteiger partial charge is 0.434 e. The van der Waals surface area contributed by atoms with Gasteiger partial charge in [0.2, 0.25) is 11.8 Å². The Hall–Kier alpha value is -3.68. The number of ether oxygens (including phenoxy) is 1. The van der Waals surface area contributed by atoms with Crippen molar-refractivity contribution in [3.05, 3.63) is 30.0 Å². The normalized spacial score (nSPS) is 23.5. The Bertz CT molecular complexity index is 1140. The van der Waals surface area contributed by atoms with Crippen LogP contribution in [0.4, 0.5) is 8.78 Å². The molecule has 174 valence electrons. The van der Waals surface area contributed by atoms with Crippen LogP contribution in [0.1, 0.15) is 36.2 Å². The summed E-state index contributed by atoms with van der Waals surface area (Å²) in [5.41, 5.74) is 4.66. The predicted octanol–water partition coefficient (Wildman–Crippen LogP) is 1.90. The summed E-state index contributed by atoms with van der Waals surface area (Å²) in [5, 5.41) is 12.9. The molecule has 3 heterocycles. The fourth-order valence-electron chi connectivity index (χ4n) is 5.01. The first-order valence-electron chi connectivity index (χ1n) is 10.6. The molecule has 0 bridgehead atoms. The minimum absolute atomic E-state index is 0.0538. The first kappa shape index (κ1) is 22.5. The summed E-state index contributed by atoms with van der Waals surface area (Å²) in [5.74, 6) is -3.09. The number of hydrogen-bond donors (Lipinski definition) is 3. The van der Waals surface area contributed by atoms with E-state index in [9.17, 15) is 28.4 Å². The number of nitrogens with one attached hydrogen (secondary N) is 2. The first-order chi connectivity index (χ1) is 15.8. The van der Waals surface area contributed by atoms with Crippen LogP contribution in [0.25, 0.3) is 10.9 Å². The van der Waals surface area contributed by atoms with E-state index in [-0.39, 0.29) is 42.1 Å². The van der Waals surface area contributed by atoms with Gasteiger partial charge in [-0.25, -0.2) is 0 Å². The lowest BCUT2D eigenvalue weighted by molar-refractivity contribution is -0.131. The smallest absolute Gasteiger partial charge is 0.387 e. The van der Waals surface area contributed by atoms with Crippen molar-refractivity contribution in [1.82, 2.24) is 15.2 Å². The number of nitrogens with two attached hydrogens (primary N) is 1. The molecule has 0 aliphatic carbocycles. The van der Waals surface area contributed by atoms with Gasteiger partial charge < -0.3 is 25.7 Å². The van der Waals surface area contributed by atoms with Crippen LogP contribution < -0.4 is 15.8 Å². The minimum atomic E-state index is -3.03. The molecule has 33 heavy (non-hydrogen) atoms. The number of nitriles is 1. The summed E-state index contributed by atoms with van der Waals surface area (Å²) in [6.07, 6.45) is 1.28. The zero-order valence-electron chi connectivity index (χ0n) is 17.6. The highest BCUT2D eigenvalue weighted by Gasteiger charge is 2.55. The second-order valence-electron chi connectivity index (χ2n) is 8.32. The molecule has 0 radical (unpaired) electrons. The summed E-state index contributed by atoms with van der Waals surface area (Å²) < 4.78 is 30.0. The number of aromatic amines is 1.